The molecule has 0 fully saturated rings. The van der Waals surface area contributed by atoms with Crippen molar-refractivity contribution in [1.29, 1.82) is 0 Å². The number of rotatable bonds is 3. The number of nitrogens with one attached hydrogen (secondary N) is 1. The van der Waals surface area contributed by atoms with E-state index in [0.717, 1.165) is 11.1 Å². The predicted octanol–water partition coefficient (Wildman–Crippen LogP) is 3.33. The minimum atomic E-state index is -0.269. The molecule has 3 heteroatoms. The molecular formula is C18H17N2O+. The van der Waals surface area contributed by atoms with Gasteiger partial charge in [-0.25, -0.2) is 0 Å². The molecule has 1 aromatic heterocycles. The summed E-state index contributed by atoms with van der Waals surface area (Å²) in [7, 11) is 0. The van der Waals surface area contributed by atoms with Crippen molar-refractivity contribution in [3.8, 4) is 0 Å². The van der Waals surface area contributed by atoms with Gasteiger partial charge in [0, 0.05) is 24.1 Å². The Morgan fingerprint density at radius 3 is 2.38 bits per heavy atom. The Morgan fingerprint density at radius 1 is 0.952 bits per heavy atom. The second-order valence-electron chi connectivity index (χ2n) is 5.05. The van der Waals surface area contributed by atoms with Crippen molar-refractivity contribution in [2.45, 2.75) is 13.0 Å². The van der Waals surface area contributed by atoms with Crippen LogP contribution in [0.5, 0.6) is 0 Å². The van der Waals surface area contributed by atoms with E-state index in [1.807, 2.05) is 78.5 Å². The fourth-order valence-electron chi connectivity index (χ4n) is 2.29. The van der Waals surface area contributed by atoms with Gasteiger partial charge in [0.05, 0.1) is 0 Å². The van der Waals surface area contributed by atoms with E-state index in [2.05, 4.69) is 11.4 Å². The molecule has 1 heterocycles. The Bertz CT molecular complexity index is 768. The van der Waals surface area contributed by atoms with Gasteiger partial charge in [0.25, 0.3) is 5.91 Å². The smallest absolute Gasteiger partial charge is 0.293 e. The Labute approximate surface area is 123 Å². The van der Waals surface area contributed by atoms with Gasteiger partial charge >= 0.3 is 0 Å². The molecular weight excluding hydrogens is 260 g/mol. The molecule has 21 heavy (non-hydrogen) atoms. The summed E-state index contributed by atoms with van der Waals surface area (Å²) in [6.45, 7) is 1.90. The summed E-state index contributed by atoms with van der Waals surface area (Å²) in [4.78, 5) is 12.3. The molecule has 0 saturated carbocycles. The average molecular weight is 277 g/mol. The first kappa shape index (κ1) is 13.3. The maximum Gasteiger partial charge on any atom is 0.293 e. The van der Waals surface area contributed by atoms with Crippen LogP contribution in [0.4, 0.5) is 5.69 Å². The number of fused-ring (bicyclic) bond motifs is 1. The van der Waals surface area contributed by atoms with Crippen LogP contribution in [0.1, 0.15) is 13.0 Å². The molecule has 0 aliphatic carbocycles. The van der Waals surface area contributed by atoms with Crippen LogP contribution in [0.25, 0.3) is 10.8 Å². The molecule has 0 radical (unpaired) electrons. The van der Waals surface area contributed by atoms with Crippen LogP contribution in [-0.4, -0.2) is 5.91 Å². The van der Waals surface area contributed by atoms with Gasteiger partial charge in [-0.15, -0.1) is 0 Å². The largest absolute Gasteiger partial charge is 0.320 e. The quantitative estimate of drug-likeness (QED) is 0.732. The highest BCUT2D eigenvalue weighted by Crippen LogP contribution is 2.12. The third kappa shape index (κ3) is 2.92. The Balaban J connectivity index is 1.82. The predicted molar refractivity (Wildman–Crippen MR) is 83.9 cm³/mol. The van der Waals surface area contributed by atoms with Crippen molar-refractivity contribution < 1.29 is 9.36 Å². The van der Waals surface area contributed by atoms with Gasteiger partial charge in [-0.05, 0) is 23.6 Å². The van der Waals surface area contributed by atoms with Crippen LogP contribution >= 0.6 is 0 Å². The molecule has 1 atom stereocenters. The van der Waals surface area contributed by atoms with Crippen LogP contribution in [0.3, 0.4) is 0 Å². The van der Waals surface area contributed by atoms with Crippen LogP contribution in [-0.2, 0) is 4.79 Å². The molecule has 0 unspecified atom stereocenters. The van der Waals surface area contributed by atoms with Crippen LogP contribution in [0.15, 0.2) is 73.1 Å². The van der Waals surface area contributed by atoms with Gasteiger partial charge in [-0.3, -0.25) is 4.79 Å². The number of carbonyl (C=O) groups is 1. The number of hydrogen-bond donors (Lipinski definition) is 1. The van der Waals surface area contributed by atoms with Crippen LogP contribution < -0.4 is 9.88 Å². The van der Waals surface area contributed by atoms with E-state index in [-0.39, 0.29) is 11.9 Å². The Kier molecular flexibility index (Phi) is 3.65. The van der Waals surface area contributed by atoms with Crippen molar-refractivity contribution in [2.24, 2.45) is 0 Å². The minimum Gasteiger partial charge on any atom is -0.320 e. The lowest BCUT2D eigenvalue weighted by atomic mass is 10.1. The summed E-state index contributed by atoms with van der Waals surface area (Å²) in [5.74, 6) is -0.0264. The first-order chi connectivity index (χ1) is 10.2. The van der Waals surface area contributed by atoms with Gasteiger partial charge in [0.2, 0.25) is 6.04 Å². The molecule has 3 aromatic rings. The second-order valence-corrected chi connectivity index (χ2v) is 5.05. The van der Waals surface area contributed by atoms with E-state index in [4.69, 9.17) is 0 Å². The third-order valence-electron chi connectivity index (χ3n) is 3.58. The molecule has 1 amide bonds. The van der Waals surface area contributed by atoms with E-state index in [9.17, 15) is 4.79 Å². The van der Waals surface area contributed by atoms with E-state index in [0.29, 0.717) is 0 Å². The first-order valence-electron chi connectivity index (χ1n) is 6.99. The molecule has 3 nitrogen and oxygen atoms in total. The van der Waals surface area contributed by atoms with Gasteiger partial charge in [-0.2, -0.15) is 4.57 Å². The monoisotopic (exact) mass is 277 g/mol. The fourth-order valence-corrected chi connectivity index (χ4v) is 2.29. The highest BCUT2D eigenvalue weighted by Gasteiger charge is 2.22. The molecule has 3 rings (SSSR count). The molecule has 104 valence electrons. The molecule has 0 aliphatic heterocycles. The number of hydrogen-bond acceptors (Lipinski definition) is 1. The van der Waals surface area contributed by atoms with E-state index >= 15 is 0 Å². The zero-order chi connectivity index (χ0) is 14.7. The fraction of sp³-hybridized carbons (Fsp3) is 0.111. The number of aromatic nitrogens is 1. The van der Waals surface area contributed by atoms with E-state index in [1.165, 1.54) is 5.39 Å². The van der Waals surface area contributed by atoms with Gasteiger partial charge in [0.15, 0.2) is 12.4 Å². The maximum absolute atomic E-state index is 12.3. The van der Waals surface area contributed by atoms with Crippen LogP contribution in [0, 0.1) is 0 Å². The van der Waals surface area contributed by atoms with Crippen molar-refractivity contribution in [3.63, 3.8) is 0 Å². The SMILES string of the molecule is C[C@H](C(=O)Nc1ccccc1)[n+]1ccc2ccccc2c1. The average Bonchev–Trinajstić information content (AvgIpc) is 2.54. The highest BCUT2D eigenvalue weighted by atomic mass is 16.2. The molecule has 0 aliphatic rings. The summed E-state index contributed by atoms with van der Waals surface area (Å²) in [5.41, 5.74) is 0.815. The van der Waals surface area contributed by atoms with Gasteiger partial charge in [-0.1, -0.05) is 36.4 Å². The molecule has 0 bridgehead atoms. The van der Waals surface area contributed by atoms with Crippen molar-refractivity contribution in [2.75, 3.05) is 5.32 Å². The van der Waals surface area contributed by atoms with Crippen LogP contribution in [0.2, 0.25) is 0 Å². The Hall–Kier alpha value is -2.68. The zero-order valence-corrected chi connectivity index (χ0v) is 11.9. The number of nitrogens with zero attached hydrogens (tertiary/aromatic N) is 1. The number of para-hydroxylation sites is 1. The highest BCUT2D eigenvalue weighted by molar-refractivity contribution is 5.92. The standard InChI is InChI=1S/C18H16N2O/c1-14(18(21)19-17-9-3-2-4-10-17)20-12-11-15-7-5-6-8-16(15)13-20/h2-14H,1H3/p+1/t14-/m1/s1. The summed E-state index contributed by atoms with van der Waals surface area (Å²) in [6.07, 6.45) is 3.95. The lowest BCUT2D eigenvalue weighted by Crippen LogP contribution is -2.44. The molecule has 2 aromatic carbocycles. The second kappa shape index (κ2) is 5.75. The van der Waals surface area contributed by atoms with Crippen molar-refractivity contribution >= 4 is 22.4 Å². The Morgan fingerprint density at radius 2 is 1.62 bits per heavy atom. The van der Waals surface area contributed by atoms with E-state index in [1.54, 1.807) is 0 Å². The van der Waals surface area contributed by atoms with Gasteiger partial charge in [0.1, 0.15) is 0 Å². The number of anilines is 1. The summed E-state index contributed by atoms with van der Waals surface area (Å²) in [6, 6.07) is 19.4. The summed E-state index contributed by atoms with van der Waals surface area (Å²) >= 11 is 0. The number of pyridine rings is 1. The summed E-state index contributed by atoms with van der Waals surface area (Å²) < 4.78 is 1.93. The van der Waals surface area contributed by atoms with Crippen molar-refractivity contribution in [1.82, 2.24) is 0 Å². The topological polar surface area (TPSA) is 33.0 Å². The first-order valence-corrected chi connectivity index (χ1v) is 6.99. The number of carbonyl (C=O) groups excluding carboxylic acids is 1. The zero-order valence-electron chi connectivity index (χ0n) is 11.9. The summed E-state index contributed by atoms with van der Waals surface area (Å²) in [5, 5.41) is 5.22. The molecule has 0 saturated heterocycles. The number of benzene rings is 2. The van der Waals surface area contributed by atoms with Crippen molar-refractivity contribution in [3.05, 3.63) is 73.1 Å². The molecule has 1 N–H and O–H groups in total. The van der Waals surface area contributed by atoms with E-state index < -0.39 is 0 Å². The molecule has 0 spiro atoms. The number of amides is 1. The lowest BCUT2D eigenvalue weighted by molar-refractivity contribution is -0.704. The third-order valence-corrected chi connectivity index (χ3v) is 3.58. The minimum absolute atomic E-state index is 0.0264. The van der Waals surface area contributed by atoms with Gasteiger partial charge < -0.3 is 5.32 Å². The lowest BCUT2D eigenvalue weighted by Gasteiger charge is -2.09. The normalized spacial score (nSPS) is 12.0. The maximum atomic E-state index is 12.3.